The molecule has 0 bridgehead atoms. The number of anilines is 2. The van der Waals surface area contributed by atoms with Crippen LogP contribution in [0.2, 0.25) is 0 Å². The molecule has 0 atom stereocenters. The fourth-order valence-electron chi connectivity index (χ4n) is 3.01. The molecule has 0 amide bonds. The highest BCUT2D eigenvalue weighted by Crippen LogP contribution is 2.17. The van der Waals surface area contributed by atoms with Gasteiger partial charge in [0.1, 0.15) is 0 Å². The van der Waals surface area contributed by atoms with Crippen molar-refractivity contribution in [3.05, 3.63) is 65.7 Å². The van der Waals surface area contributed by atoms with Crippen LogP contribution in [0.5, 0.6) is 0 Å². The zero-order chi connectivity index (χ0) is 20.5. The molecule has 0 N–H and O–H groups in total. The number of benzene rings is 2. The Balaban J connectivity index is 1.98. The monoisotopic (exact) mass is 379 g/mol. The number of hydrogen-bond donors (Lipinski definition) is 0. The maximum absolute atomic E-state index is 12.4. The number of allylic oxidation sites excluding steroid dienone is 1. The Hall–Kier alpha value is -2.59. The van der Waals surface area contributed by atoms with Crippen LogP contribution in [0.3, 0.4) is 0 Å². The predicted molar refractivity (Wildman–Crippen MR) is 122 cm³/mol. The highest BCUT2D eigenvalue weighted by Gasteiger charge is 2.05. The van der Waals surface area contributed by atoms with E-state index >= 15 is 0 Å². The number of nitrogens with zero attached hydrogens (tertiary/aromatic N) is 3. The van der Waals surface area contributed by atoms with Crippen LogP contribution < -0.4 is 9.80 Å². The van der Waals surface area contributed by atoms with E-state index in [1.807, 2.05) is 30.3 Å². The Labute approximate surface area is 170 Å². The Bertz CT molecular complexity index is 759. The van der Waals surface area contributed by atoms with E-state index in [4.69, 9.17) is 0 Å². The summed E-state index contributed by atoms with van der Waals surface area (Å²) in [5, 5.41) is 0. The van der Waals surface area contributed by atoms with E-state index in [9.17, 15) is 4.79 Å². The molecule has 2 aromatic carbocycles. The van der Waals surface area contributed by atoms with Crippen molar-refractivity contribution in [1.82, 2.24) is 4.90 Å². The zero-order valence-corrected chi connectivity index (χ0v) is 17.9. The fraction of sp³-hybridized carbons (Fsp3) is 0.375. The third kappa shape index (κ3) is 6.24. The minimum absolute atomic E-state index is 0.0262. The number of ketones is 1. The summed E-state index contributed by atoms with van der Waals surface area (Å²) in [4.78, 5) is 19.1. The average Bonchev–Trinajstić information content (AvgIpc) is 2.72. The third-order valence-corrected chi connectivity index (χ3v) is 4.92. The molecule has 2 rings (SSSR count). The Morgan fingerprint density at radius 3 is 1.93 bits per heavy atom. The van der Waals surface area contributed by atoms with Gasteiger partial charge in [-0.05, 0) is 76.0 Å². The smallest absolute Gasteiger partial charge is 0.185 e. The van der Waals surface area contributed by atoms with Gasteiger partial charge in [0.15, 0.2) is 5.78 Å². The van der Waals surface area contributed by atoms with Crippen molar-refractivity contribution < 1.29 is 4.79 Å². The summed E-state index contributed by atoms with van der Waals surface area (Å²) < 4.78 is 0. The lowest BCUT2D eigenvalue weighted by Crippen LogP contribution is -2.28. The molecule has 0 aromatic heterocycles. The van der Waals surface area contributed by atoms with Crippen molar-refractivity contribution in [2.24, 2.45) is 0 Å². The molecule has 0 fully saturated rings. The molecule has 0 aliphatic heterocycles. The van der Waals surface area contributed by atoms with Gasteiger partial charge in [-0.25, -0.2) is 0 Å². The van der Waals surface area contributed by atoms with E-state index in [1.54, 1.807) is 6.08 Å². The lowest BCUT2D eigenvalue weighted by atomic mass is 10.1. The zero-order valence-electron chi connectivity index (χ0n) is 17.9. The summed E-state index contributed by atoms with van der Waals surface area (Å²) in [6.45, 7) is 8.19. The quantitative estimate of drug-likeness (QED) is 0.451. The highest BCUT2D eigenvalue weighted by molar-refractivity contribution is 6.07. The minimum Gasteiger partial charge on any atom is -0.373 e. The summed E-state index contributed by atoms with van der Waals surface area (Å²) in [6.07, 6.45) is 3.53. The maximum Gasteiger partial charge on any atom is 0.185 e. The van der Waals surface area contributed by atoms with Crippen molar-refractivity contribution in [2.75, 3.05) is 57.1 Å². The molecule has 0 heterocycles. The second-order valence-corrected chi connectivity index (χ2v) is 7.23. The van der Waals surface area contributed by atoms with E-state index < -0.39 is 0 Å². The highest BCUT2D eigenvalue weighted by atomic mass is 16.1. The molecule has 4 heteroatoms. The molecule has 2 aromatic rings. The van der Waals surface area contributed by atoms with E-state index in [2.05, 4.69) is 74.0 Å². The minimum atomic E-state index is 0.0262. The molecule has 0 unspecified atom stereocenters. The fourth-order valence-corrected chi connectivity index (χ4v) is 3.01. The van der Waals surface area contributed by atoms with Crippen LogP contribution in [0.1, 0.15) is 29.8 Å². The molecule has 0 spiro atoms. The van der Waals surface area contributed by atoms with Gasteiger partial charge in [-0.2, -0.15) is 0 Å². The largest absolute Gasteiger partial charge is 0.373 e. The summed E-state index contributed by atoms with van der Waals surface area (Å²) in [7, 11) is 6.26. The van der Waals surface area contributed by atoms with Crippen molar-refractivity contribution in [3.63, 3.8) is 0 Å². The van der Waals surface area contributed by atoms with Crippen LogP contribution in [-0.4, -0.2) is 58.0 Å². The molecule has 28 heavy (non-hydrogen) atoms. The van der Waals surface area contributed by atoms with E-state index in [1.165, 1.54) is 5.69 Å². The van der Waals surface area contributed by atoms with E-state index in [0.29, 0.717) is 5.56 Å². The number of rotatable bonds is 10. The third-order valence-electron chi connectivity index (χ3n) is 4.92. The number of carbonyl (C=O) groups is 1. The van der Waals surface area contributed by atoms with Gasteiger partial charge in [0.2, 0.25) is 0 Å². The number of likely N-dealkylation sites (N-methyl/N-ethyl adjacent to an activating group) is 2. The summed E-state index contributed by atoms with van der Waals surface area (Å²) in [6, 6.07) is 16.1. The van der Waals surface area contributed by atoms with Gasteiger partial charge in [-0.3, -0.25) is 4.79 Å². The van der Waals surface area contributed by atoms with Gasteiger partial charge in [-0.1, -0.05) is 18.2 Å². The van der Waals surface area contributed by atoms with Gasteiger partial charge in [0.05, 0.1) is 0 Å². The summed E-state index contributed by atoms with van der Waals surface area (Å²) >= 11 is 0. The molecule has 0 saturated heterocycles. The van der Waals surface area contributed by atoms with Crippen LogP contribution >= 0.6 is 0 Å². The summed E-state index contributed by atoms with van der Waals surface area (Å²) in [5.41, 5.74) is 4.07. The van der Waals surface area contributed by atoms with Gasteiger partial charge < -0.3 is 14.7 Å². The van der Waals surface area contributed by atoms with Crippen LogP contribution in [0.15, 0.2) is 54.6 Å². The molecular formula is C24H33N3O. The SMILES string of the molecule is CCN(CC)c1ccc(C(=O)/C=C/c2ccc(N(C)CCN(C)C)cc2)cc1. The number of hydrogen-bond acceptors (Lipinski definition) is 4. The van der Waals surface area contributed by atoms with Crippen LogP contribution in [0.4, 0.5) is 11.4 Å². The van der Waals surface area contributed by atoms with Crippen molar-refractivity contribution >= 4 is 23.2 Å². The van der Waals surface area contributed by atoms with Crippen molar-refractivity contribution in [2.45, 2.75) is 13.8 Å². The van der Waals surface area contributed by atoms with Crippen molar-refractivity contribution in [1.29, 1.82) is 0 Å². The first kappa shape index (κ1) is 21.7. The molecule has 0 aliphatic rings. The molecule has 0 aliphatic carbocycles. The number of carbonyl (C=O) groups excluding carboxylic acids is 1. The predicted octanol–water partition coefficient (Wildman–Crippen LogP) is 4.43. The first-order valence-corrected chi connectivity index (χ1v) is 9.98. The van der Waals surface area contributed by atoms with Gasteiger partial charge in [0.25, 0.3) is 0 Å². The van der Waals surface area contributed by atoms with Gasteiger partial charge in [-0.15, -0.1) is 0 Å². The van der Waals surface area contributed by atoms with Gasteiger partial charge >= 0.3 is 0 Å². The Morgan fingerprint density at radius 2 is 1.39 bits per heavy atom. The second kappa shape index (κ2) is 10.7. The Morgan fingerprint density at radius 1 is 0.821 bits per heavy atom. The molecule has 150 valence electrons. The maximum atomic E-state index is 12.4. The standard InChI is InChI=1S/C24H33N3O/c1-6-27(7-2)23-15-11-21(12-16-23)24(28)17-10-20-8-13-22(14-9-20)26(5)19-18-25(3)4/h8-17H,6-7,18-19H2,1-5H3/b17-10+. The molecular weight excluding hydrogens is 346 g/mol. The Kier molecular flexibility index (Phi) is 8.27. The summed E-state index contributed by atoms with van der Waals surface area (Å²) in [5.74, 6) is 0.0262. The van der Waals surface area contributed by atoms with E-state index in [0.717, 1.165) is 37.4 Å². The normalized spacial score (nSPS) is 11.2. The van der Waals surface area contributed by atoms with Crippen LogP contribution in [-0.2, 0) is 0 Å². The molecule has 0 radical (unpaired) electrons. The second-order valence-electron chi connectivity index (χ2n) is 7.23. The molecule has 4 nitrogen and oxygen atoms in total. The first-order chi connectivity index (χ1) is 13.4. The molecule has 0 saturated carbocycles. The van der Waals surface area contributed by atoms with E-state index in [-0.39, 0.29) is 5.78 Å². The van der Waals surface area contributed by atoms with Gasteiger partial charge in [0, 0.05) is 50.2 Å². The van der Waals surface area contributed by atoms with Crippen molar-refractivity contribution in [3.8, 4) is 0 Å². The van der Waals surface area contributed by atoms with Crippen LogP contribution in [0.25, 0.3) is 6.08 Å². The topological polar surface area (TPSA) is 26.8 Å². The lowest BCUT2D eigenvalue weighted by molar-refractivity contribution is 0.104. The first-order valence-electron chi connectivity index (χ1n) is 9.98. The lowest BCUT2D eigenvalue weighted by Gasteiger charge is -2.21. The van der Waals surface area contributed by atoms with Crippen LogP contribution in [0, 0.1) is 0 Å². The average molecular weight is 380 g/mol.